The molecule has 35 heavy (non-hydrogen) atoms. The Kier molecular flexibility index (Phi) is 5.30. The average molecular weight is 474 g/mol. The molecular weight excluding hydrogens is 442 g/mol. The van der Waals surface area contributed by atoms with Crippen molar-refractivity contribution in [1.82, 2.24) is 24.5 Å². The molecule has 5 heterocycles. The number of anilines is 1. The van der Waals surface area contributed by atoms with Crippen molar-refractivity contribution in [3.8, 4) is 11.1 Å². The lowest BCUT2D eigenvalue weighted by molar-refractivity contribution is -0.0426. The van der Waals surface area contributed by atoms with Crippen LogP contribution in [0.25, 0.3) is 16.8 Å². The number of aliphatic hydroxyl groups is 1. The SMILES string of the molecule is N=CN=C(N)CN1C2CCC1CC(c1cc(N)n3ncc(-c4ccc(C5(O)CCC5)nc4)c3n1)C2. The first-order chi connectivity index (χ1) is 16.9. The monoisotopic (exact) mass is 473 g/mol. The maximum Gasteiger partial charge on any atom is 0.165 e. The number of nitrogens with zero attached hydrogens (tertiary/aromatic N) is 6. The van der Waals surface area contributed by atoms with E-state index in [2.05, 4.69) is 20.0 Å². The minimum Gasteiger partial charge on any atom is -0.386 e. The van der Waals surface area contributed by atoms with Gasteiger partial charge in [0, 0.05) is 47.1 Å². The van der Waals surface area contributed by atoms with Gasteiger partial charge in [-0.3, -0.25) is 15.3 Å². The van der Waals surface area contributed by atoms with Gasteiger partial charge in [0.1, 0.15) is 23.6 Å². The molecule has 0 aromatic carbocycles. The van der Waals surface area contributed by atoms with E-state index >= 15 is 0 Å². The summed E-state index contributed by atoms with van der Waals surface area (Å²) in [6.45, 7) is 0.608. The van der Waals surface area contributed by atoms with Crippen molar-refractivity contribution in [1.29, 1.82) is 5.41 Å². The molecule has 1 aliphatic carbocycles. The number of aromatic nitrogens is 4. The van der Waals surface area contributed by atoms with E-state index < -0.39 is 5.60 Å². The zero-order valence-corrected chi connectivity index (χ0v) is 19.6. The van der Waals surface area contributed by atoms with Gasteiger partial charge in [0.25, 0.3) is 0 Å². The number of fused-ring (bicyclic) bond motifs is 3. The van der Waals surface area contributed by atoms with Crippen LogP contribution in [0.3, 0.4) is 0 Å². The van der Waals surface area contributed by atoms with Gasteiger partial charge in [-0.1, -0.05) is 6.07 Å². The number of nitrogens with two attached hydrogens (primary N) is 2. The quantitative estimate of drug-likeness (QED) is 0.316. The lowest BCUT2D eigenvalue weighted by atomic mass is 9.77. The lowest BCUT2D eigenvalue weighted by Gasteiger charge is -2.38. The van der Waals surface area contributed by atoms with Crippen molar-refractivity contribution < 1.29 is 5.11 Å². The summed E-state index contributed by atoms with van der Waals surface area (Å²) in [5, 5.41) is 22.2. The van der Waals surface area contributed by atoms with Crippen LogP contribution >= 0.6 is 0 Å². The molecule has 3 aromatic heterocycles. The van der Waals surface area contributed by atoms with E-state index in [1.54, 1.807) is 16.9 Å². The maximum absolute atomic E-state index is 10.6. The highest BCUT2D eigenvalue weighted by atomic mass is 16.3. The highest BCUT2D eigenvalue weighted by molar-refractivity contribution is 5.88. The summed E-state index contributed by atoms with van der Waals surface area (Å²) in [5.41, 5.74) is 15.9. The van der Waals surface area contributed by atoms with Gasteiger partial charge in [0.15, 0.2) is 5.65 Å². The third kappa shape index (κ3) is 3.77. The second-order valence-electron chi connectivity index (χ2n) is 10.2. The molecule has 0 amide bonds. The van der Waals surface area contributed by atoms with Crippen LogP contribution in [-0.4, -0.2) is 60.4 Å². The first-order valence-corrected chi connectivity index (χ1v) is 12.4. The molecule has 2 aliphatic heterocycles. The third-order valence-electron chi connectivity index (χ3n) is 8.13. The molecule has 2 saturated heterocycles. The summed E-state index contributed by atoms with van der Waals surface area (Å²) in [6.07, 6.45) is 11.4. The van der Waals surface area contributed by atoms with Crippen LogP contribution in [0.1, 0.15) is 62.3 Å². The molecule has 10 nitrogen and oxygen atoms in total. The second-order valence-corrected chi connectivity index (χ2v) is 10.2. The Bertz CT molecular complexity index is 1280. The average Bonchev–Trinajstić information content (AvgIpc) is 3.35. The summed E-state index contributed by atoms with van der Waals surface area (Å²) < 4.78 is 1.68. The number of pyridine rings is 1. The predicted molar refractivity (Wildman–Crippen MR) is 134 cm³/mol. The molecule has 0 radical (unpaired) electrons. The van der Waals surface area contributed by atoms with Crippen LogP contribution < -0.4 is 11.5 Å². The number of nitrogens with one attached hydrogen (secondary N) is 1. The molecule has 2 atom stereocenters. The Morgan fingerprint density at radius 1 is 1.23 bits per heavy atom. The molecule has 3 fully saturated rings. The summed E-state index contributed by atoms with van der Waals surface area (Å²) in [4.78, 5) is 16.0. The Morgan fingerprint density at radius 2 is 2.00 bits per heavy atom. The van der Waals surface area contributed by atoms with Gasteiger partial charge in [0.2, 0.25) is 0 Å². The van der Waals surface area contributed by atoms with Crippen molar-refractivity contribution in [3.63, 3.8) is 0 Å². The van der Waals surface area contributed by atoms with Crippen LogP contribution in [0.5, 0.6) is 0 Å². The van der Waals surface area contributed by atoms with Crippen LogP contribution in [-0.2, 0) is 5.60 Å². The van der Waals surface area contributed by atoms with Crippen molar-refractivity contribution >= 4 is 23.6 Å². The number of rotatable bonds is 6. The lowest BCUT2D eigenvalue weighted by Crippen LogP contribution is -2.46. The molecule has 6 rings (SSSR count). The second kappa shape index (κ2) is 8.39. The van der Waals surface area contributed by atoms with Gasteiger partial charge in [-0.05, 0) is 51.0 Å². The molecule has 0 spiro atoms. The minimum atomic E-state index is -0.778. The predicted octanol–water partition coefficient (Wildman–Crippen LogP) is 2.42. The summed E-state index contributed by atoms with van der Waals surface area (Å²) in [6, 6.07) is 6.71. The first-order valence-electron chi connectivity index (χ1n) is 12.4. The molecule has 2 bridgehead atoms. The molecule has 1 saturated carbocycles. The van der Waals surface area contributed by atoms with Gasteiger partial charge in [-0.2, -0.15) is 9.61 Å². The first kappa shape index (κ1) is 22.1. The van der Waals surface area contributed by atoms with E-state index in [1.165, 1.54) is 0 Å². The van der Waals surface area contributed by atoms with Crippen LogP contribution in [0, 0.1) is 5.41 Å². The fourth-order valence-corrected chi connectivity index (χ4v) is 6.10. The minimum absolute atomic E-state index is 0.313. The molecule has 3 aromatic rings. The van der Waals surface area contributed by atoms with Gasteiger partial charge in [0.05, 0.1) is 18.4 Å². The Balaban J connectivity index is 1.28. The van der Waals surface area contributed by atoms with Crippen LogP contribution in [0.15, 0.2) is 35.6 Å². The van der Waals surface area contributed by atoms with E-state index in [4.69, 9.17) is 21.9 Å². The summed E-state index contributed by atoms with van der Waals surface area (Å²) >= 11 is 0. The van der Waals surface area contributed by atoms with Crippen molar-refractivity contribution in [2.45, 2.75) is 68.5 Å². The molecule has 182 valence electrons. The zero-order chi connectivity index (χ0) is 24.2. The number of aliphatic imine (C=N–C) groups is 1. The summed E-state index contributed by atoms with van der Waals surface area (Å²) in [7, 11) is 0. The van der Waals surface area contributed by atoms with Gasteiger partial charge in [-0.15, -0.1) is 0 Å². The van der Waals surface area contributed by atoms with Gasteiger partial charge < -0.3 is 16.6 Å². The molecule has 3 aliphatic rings. The standard InChI is InChI=1S/C25H31N9O/c26-14-30-22(27)13-33-17-3-4-18(33)9-16(8-17)20-10-23(28)34-24(32-20)19(12-31-34)15-2-5-21(29-11-15)25(35)6-1-7-25/h2,5,10-12,14,16-18,35H,1,3-4,6-9,13,28H2,(H3,26,27,30). The van der Waals surface area contributed by atoms with E-state index in [0.29, 0.717) is 36.2 Å². The number of nitrogen functional groups attached to an aromatic ring is 1. The fourth-order valence-electron chi connectivity index (χ4n) is 6.10. The normalized spacial score (nSPS) is 26.1. The topological polar surface area (TPSA) is 155 Å². The molecule has 10 heteroatoms. The van der Waals surface area contributed by atoms with Gasteiger partial charge >= 0.3 is 0 Å². The highest BCUT2D eigenvalue weighted by Gasteiger charge is 2.42. The Labute approximate surface area is 203 Å². The number of hydrogen-bond donors (Lipinski definition) is 4. The molecule has 2 unspecified atom stereocenters. The van der Waals surface area contributed by atoms with Crippen molar-refractivity contribution in [3.05, 3.63) is 42.0 Å². The van der Waals surface area contributed by atoms with Crippen molar-refractivity contribution in [2.24, 2.45) is 10.7 Å². The van der Waals surface area contributed by atoms with E-state index in [-0.39, 0.29) is 0 Å². The highest BCUT2D eigenvalue weighted by Crippen LogP contribution is 2.43. The zero-order valence-electron chi connectivity index (χ0n) is 19.6. The number of piperidine rings is 1. The number of hydrogen-bond acceptors (Lipinski definition) is 7. The van der Waals surface area contributed by atoms with Gasteiger partial charge in [-0.25, -0.2) is 9.98 Å². The smallest absolute Gasteiger partial charge is 0.165 e. The third-order valence-corrected chi connectivity index (χ3v) is 8.13. The number of amidine groups is 1. The molecule has 6 N–H and O–H groups in total. The van der Waals surface area contributed by atoms with E-state index in [0.717, 1.165) is 79.4 Å². The largest absolute Gasteiger partial charge is 0.386 e. The van der Waals surface area contributed by atoms with Crippen LogP contribution in [0.4, 0.5) is 5.82 Å². The fraction of sp³-hybridized carbons (Fsp3) is 0.480. The maximum atomic E-state index is 10.6. The Morgan fingerprint density at radius 3 is 2.63 bits per heavy atom. The summed E-state index contributed by atoms with van der Waals surface area (Å²) in [5.74, 6) is 1.38. The van der Waals surface area contributed by atoms with E-state index in [1.807, 2.05) is 18.2 Å². The molecular formula is C25H31N9O. The van der Waals surface area contributed by atoms with Crippen LogP contribution in [0.2, 0.25) is 0 Å². The van der Waals surface area contributed by atoms with Crippen molar-refractivity contribution in [2.75, 3.05) is 12.3 Å². The Hall–Kier alpha value is -3.37. The van der Waals surface area contributed by atoms with E-state index in [9.17, 15) is 5.11 Å².